The van der Waals surface area contributed by atoms with Crippen LogP contribution in [0, 0.1) is 39.9 Å². The Bertz CT molecular complexity index is 24.3. The monoisotopic (exact) mass is 200 g/mol. The second-order valence-electron chi connectivity index (χ2n) is 0.0894. The van der Waals surface area contributed by atoms with Crippen LogP contribution in [-0.4, -0.2) is 0 Å². The van der Waals surface area contributed by atoms with Gasteiger partial charge < -0.3 is 11.1 Å². The van der Waals surface area contributed by atoms with Crippen LogP contribution >= 0.6 is 0 Å². The van der Waals surface area contributed by atoms with Gasteiger partial charge in [-0.15, -0.1) is 0 Å². The van der Waals surface area contributed by atoms with Gasteiger partial charge in [-0.25, -0.2) is 0 Å². The molecule has 0 aromatic rings. The van der Waals surface area contributed by atoms with Crippen molar-refractivity contribution >= 4 is 0 Å². The standard InChI is InChI=1S/Gd.N3/c;1-3-2/q;-1. The Labute approximate surface area is 55.5 Å². The smallest absolute Gasteiger partial charge is 0 e. The van der Waals surface area contributed by atoms with E-state index in [1.54, 1.807) is 0 Å². The third kappa shape index (κ3) is 17.5. The van der Waals surface area contributed by atoms with Crippen molar-refractivity contribution < 1.29 is 39.9 Å². The molecule has 0 N–H and O–H groups in total. The van der Waals surface area contributed by atoms with Gasteiger partial charge in [-0.2, -0.15) is 0 Å². The third-order valence-corrected chi connectivity index (χ3v) is 0. The zero-order valence-electron chi connectivity index (χ0n) is 1.70. The van der Waals surface area contributed by atoms with Gasteiger partial charge in [-0.1, -0.05) is 0 Å². The van der Waals surface area contributed by atoms with Crippen molar-refractivity contribution in [1.29, 1.82) is 0 Å². The van der Waals surface area contributed by atoms with Gasteiger partial charge in [0.2, 0.25) is 0 Å². The molecule has 0 bridgehead atoms. The molecule has 0 atom stereocenters. The topological polar surface area (TPSA) is 58.7 Å². The summed E-state index contributed by atoms with van der Waals surface area (Å²) in [4.78, 5) is 1.50. The Morgan fingerprint density at radius 1 is 1.25 bits per heavy atom. The van der Waals surface area contributed by atoms with Crippen LogP contribution in [0.2, 0.25) is 0 Å². The van der Waals surface area contributed by atoms with Crippen LogP contribution in [-0.2, 0) is 0 Å². The largest absolute Gasteiger partial charge is 0.373 e. The molecule has 4 heteroatoms. The Morgan fingerprint density at radius 3 is 1.25 bits per heavy atom. The normalized spacial score (nSPS) is 2.00. The number of hydrogen-bond acceptors (Lipinski definition) is 0. The second-order valence-corrected chi connectivity index (χ2v) is 0.0894. The molecule has 0 saturated heterocycles. The summed E-state index contributed by atoms with van der Waals surface area (Å²) in [7, 11) is 0. The van der Waals surface area contributed by atoms with Gasteiger partial charge in [0, 0.05) is 39.9 Å². The molecule has 0 radical (unpaired) electrons. The van der Waals surface area contributed by atoms with E-state index >= 15 is 0 Å². The van der Waals surface area contributed by atoms with Crippen molar-refractivity contribution in [2.45, 2.75) is 0 Å². The van der Waals surface area contributed by atoms with E-state index in [1.807, 2.05) is 0 Å². The minimum absolute atomic E-state index is 0. The second kappa shape index (κ2) is 9.44. The fourth-order valence-electron chi connectivity index (χ4n) is 0. The first-order chi connectivity index (χ1) is 1.41. The maximum atomic E-state index is 6.75. The van der Waals surface area contributed by atoms with Crippen molar-refractivity contribution in [2.24, 2.45) is 0 Å². The van der Waals surface area contributed by atoms with Gasteiger partial charge in [0.05, 0.1) is 0 Å². The van der Waals surface area contributed by atoms with E-state index in [9.17, 15) is 0 Å². The Balaban J connectivity index is 0. The fourth-order valence-corrected chi connectivity index (χ4v) is 0. The summed E-state index contributed by atoms with van der Waals surface area (Å²) in [5.74, 6) is 0. The molecule has 0 aliphatic rings. The Morgan fingerprint density at radius 2 is 1.25 bits per heavy atom. The average molecular weight is 199 g/mol. The summed E-state index contributed by atoms with van der Waals surface area (Å²) < 4.78 is 0. The number of rotatable bonds is 0. The van der Waals surface area contributed by atoms with Crippen molar-refractivity contribution in [3.63, 3.8) is 0 Å². The predicted molar refractivity (Wildman–Crippen MR) is 10.1 cm³/mol. The minimum Gasteiger partial charge on any atom is -0.373 e. The van der Waals surface area contributed by atoms with Gasteiger partial charge in [0.15, 0.2) is 0 Å². The molecule has 0 aliphatic carbocycles. The first-order valence-corrected chi connectivity index (χ1v) is 0.400. The molecule has 0 unspecified atom stereocenters. The van der Waals surface area contributed by atoms with E-state index in [-0.39, 0.29) is 39.9 Å². The summed E-state index contributed by atoms with van der Waals surface area (Å²) in [6.07, 6.45) is 0. The van der Waals surface area contributed by atoms with Gasteiger partial charge in [-0.3, -0.25) is 4.91 Å². The molecule has 0 spiro atoms. The van der Waals surface area contributed by atoms with Gasteiger partial charge in [-0.05, 0) is 0 Å². The van der Waals surface area contributed by atoms with Crippen LogP contribution in [0.4, 0.5) is 0 Å². The van der Waals surface area contributed by atoms with Crippen LogP contribution in [0.3, 0.4) is 0 Å². The van der Waals surface area contributed by atoms with Crippen LogP contribution in [0.1, 0.15) is 0 Å². The quantitative estimate of drug-likeness (QED) is 0.316. The molecule has 0 fully saturated rings. The fraction of sp³-hybridized carbons (Fsp3) is 0. The van der Waals surface area contributed by atoms with Crippen molar-refractivity contribution in [3.05, 3.63) is 16.0 Å². The molecule has 0 saturated carbocycles. The van der Waals surface area contributed by atoms with E-state index in [0.29, 0.717) is 0 Å². The Kier molecular flexibility index (Phi) is 20.8. The zero-order valence-corrected chi connectivity index (χ0v) is 3.96. The summed E-state index contributed by atoms with van der Waals surface area (Å²) in [5, 5.41) is 0. The van der Waals surface area contributed by atoms with Crippen LogP contribution < -0.4 is 0 Å². The maximum Gasteiger partial charge on any atom is 0 e. The summed E-state index contributed by atoms with van der Waals surface area (Å²) in [5.41, 5.74) is 13.5. The van der Waals surface area contributed by atoms with Crippen LogP contribution in [0.5, 0.6) is 0 Å². The first kappa shape index (κ1) is 8.82. The minimum atomic E-state index is 0. The Hall–Kier alpha value is 0.635. The first-order valence-electron chi connectivity index (χ1n) is 0.400. The predicted octanol–water partition coefficient (Wildman–Crippen LogP) is 0.866. The van der Waals surface area contributed by atoms with E-state index in [1.165, 1.54) is 4.91 Å². The summed E-state index contributed by atoms with van der Waals surface area (Å²) in [6.45, 7) is 0. The molecular weight excluding hydrogens is 199 g/mol. The SMILES string of the molecule is [Gd].[N-]=[N+]=[N-]. The zero-order chi connectivity index (χ0) is 2.71. The molecule has 0 aliphatic heterocycles. The van der Waals surface area contributed by atoms with Gasteiger partial charge in [0.1, 0.15) is 0 Å². The molecular formula is GdN3-. The van der Waals surface area contributed by atoms with E-state index in [4.69, 9.17) is 11.1 Å². The molecule has 3 nitrogen and oxygen atoms in total. The molecule has 4 heavy (non-hydrogen) atoms. The van der Waals surface area contributed by atoms with Gasteiger partial charge in [0.25, 0.3) is 0 Å². The molecule has 24 valence electrons. The average Bonchev–Trinajstić information content (AvgIpc) is 0.918. The molecule has 0 amide bonds. The van der Waals surface area contributed by atoms with Crippen molar-refractivity contribution in [3.8, 4) is 0 Å². The van der Waals surface area contributed by atoms with Crippen molar-refractivity contribution in [2.75, 3.05) is 0 Å². The van der Waals surface area contributed by atoms with E-state index in [2.05, 4.69) is 0 Å². The third-order valence-electron chi connectivity index (χ3n) is 0. The van der Waals surface area contributed by atoms with Crippen molar-refractivity contribution in [1.82, 2.24) is 0 Å². The molecule has 0 aromatic carbocycles. The van der Waals surface area contributed by atoms with E-state index in [0.717, 1.165) is 0 Å². The van der Waals surface area contributed by atoms with Crippen LogP contribution in [0.25, 0.3) is 16.0 Å². The maximum absolute atomic E-state index is 6.75. The van der Waals surface area contributed by atoms with E-state index < -0.39 is 0 Å². The molecule has 0 aromatic heterocycles. The van der Waals surface area contributed by atoms with Gasteiger partial charge >= 0.3 is 0 Å². The summed E-state index contributed by atoms with van der Waals surface area (Å²) >= 11 is 0. The number of nitrogens with zero attached hydrogens (tertiary/aromatic N) is 3. The molecule has 0 heterocycles. The molecule has 0 rings (SSSR count). The van der Waals surface area contributed by atoms with Crippen LogP contribution in [0.15, 0.2) is 0 Å². The number of hydrogen-bond donors (Lipinski definition) is 0. The summed E-state index contributed by atoms with van der Waals surface area (Å²) in [6, 6.07) is 0.